The zero-order valence-corrected chi connectivity index (χ0v) is 21.9. The summed E-state index contributed by atoms with van der Waals surface area (Å²) in [6, 6.07) is 25.5. The Morgan fingerprint density at radius 2 is 1.72 bits per heavy atom. The molecule has 39 heavy (non-hydrogen) atoms. The molecule has 0 spiro atoms. The minimum Gasteiger partial charge on any atom is -0.399 e. The van der Waals surface area contributed by atoms with Crippen molar-refractivity contribution in [3.8, 4) is 10.4 Å². The van der Waals surface area contributed by atoms with Crippen LogP contribution in [0.5, 0.6) is 0 Å². The summed E-state index contributed by atoms with van der Waals surface area (Å²) in [7, 11) is 1.69. The third-order valence-corrected chi connectivity index (χ3v) is 7.41. The zero-order chi connectivity index (χ0) is 27.5. The Bertz CT molecular complexity index is 1670. The molecule has 3 aromatic carbocycles. The molecule has 2 heterocycles. The summed E-state index contributed by atoms with van der Waals surface area (Å²) in [6.45, 7) is 0.237. The molecule has 0 fully saturated rings. The topological polar surface area (TPSA) is 136 Å². The molecule has 0 aliphatic heterocycles. The molecule has 0 atom stereocenters. The molecule has 0 saturated heterocycles. The van der Waals surface area contributed by atoms with E-state index < -0.39 is 5.91 Å². The smallest absolute Gasteiger partial charge is 0.268 e. The van der Waals surface area contributed by atoms with E-state index in [1.165, 1.54) is 11.3 Å². The maximum Gasteiger partial charge on any atom is 0.268 e. The number of nitrogens with two attached hydrogens (primary N) is 2. The predicted octanol–water partition coefficient (Wildman–Crippen LogP) is 4.75. The summed E-state index contributed by atoms with van der Waals surface area (Å²) >= 11 is 1.35. The second kappa shape index (κ2) is 10.8. The van der Waals surface area contributed by atoms with Crippen LogP contribution in [0.1, 0.15) is 26.5 Å². The molecular formula is C29H26N6O3S. The van der Waals surface area contributed by atoms with Gasteiger partial charge in [-0.05, 0) is 60.2 Å². The van der Waals surface area contributed by atoms with Gasteiger partial charge in [0.2, 0.25) is 11.9 Å². The fourth-order valence-electron chi connectivity index (χ4n) is 4.19. The number of nitrogen functional groups attached to an aromatic ring is 1. The van der Waals surface area contributed by atoms with Gasteiger partial charge in [0, 0.05) is 41.8 Å². The van der Waals surface area contributed by atoms with Gasteiger partial charge in [-0.2, -0.15) is 0 Å². The minimum atomic E-state index is -0.467. The lowest BCUT2D eigenvalue weighted by Gasteiger charge is -2.17. The van der Waals surface area contributed by atoms with Gasteiger partial charge in [0.1, 0.15) is 0 Å². The minimum absolute atomic E-state index is 0.0722. The Morgan fingerprint density at radius 1 is 0.974 bits per heavy atom. The van der Waals surface area contributed by atoms with Crippen LogP contribution in [-0.4, -0.2) is 34.3 Å². The van der Waals surface area contributed by atoms with E-state index in [0.29, 0.717) is 32.8 Å². The first-order valence-corrected chi connectivity index (χ1v) is 13.0. The van der Waals surface area contributed by atoms with Crippen molar-refractivity contribution in [3.63, 3.8) is 0 Å². The van der Waals surface area contributed by atoms with Crippen molar-refractivity contribution in [3.05, 3.63) is 95.4 Å². The van der Waals surface area contributed by atoms with Crippen LogP contribution in [0.4, 0.5) is 17.3 Å². The van der Waals surface area contributed by atoms with Gasteiger partial charge in [0.25, 0.3) is 11.8 Å². The number of imidazole rings is 1. The number of hydrogen-bond donors (Lipinski definition) is 3. The highest BCUT2D eigenvalue weighted by Gasteiger charge is 2.19. The predicted molar refractivity (Wildman–Crippen MR) is 155 cm³/mol. The molecule has 9 nitrogen and oxygen atoms in total. The van der Waals surface area contributed by atoms with E-state index in [1.807, 2.05) is 54.6 Å². The number of benzene rings is 3. The number of carbonyl (C=O) groups is 3. The van der Waals surface area contributed by atoms with Crippen LogP contribution in [0.3, 0.4) is 0 Å². The molecule has 196 valence electrons. The molecule has 0 saturated carbocycles. The molecule has 0 radical (unpaired) electrons. The first-order chi connectivity index (χ1) is 18.8. The van der Waals surface area contributed by atoms with Crippen molar-refractivity contribution < 1.29 is 14.4 Å². The van der Waals surface area contributed by atoms with Crippen LogP contribution < -0.4 is 21.7 Å². The van der Waals surface area contributed by atoms with Crippen LogP contribution in [-0.2, 0) is 11.3 Å². The summed E-state index contributed by atoms with van der Waals surface area (Å²) < 4.78 is 1.75. The van der Waals surface area contributed by atoms with Crippen LogP contribution >= 0.6 is 11.3 Å². The quantitative estimate of drug-likeness (QED) is 0.245. The number of fused-ring (bicyclic) bond motifs is 1. The molecule has 5 N–H and O–H groups in total. The highest BCUT2D eigenvalue weighted by atomic mass is 32.1. The average Bonchev–Trinajstić information content (AvgIpc) is 3.56. The number of primary amides is 1. The van der Waals surface area contributed by atoms with E-state index in [9.17, 15) is 14.4 Å². The average molecular weight is 539 g/mol. The molecule has 0 unspecified atom stereocenters. The summed E-state index contributed by atoms with van der Waals surface area (Å²) in [5, 5.41) is 2.88. The molecule has 5 rings (SSSR count). The molecular weight excluding hydrogens is 512 g/mol. The lowest BCUT2D eigenvalue weighted by Crippen LogP contribution is -2.26. The Labute approximate surface area is 228 Å². The highest BCUT2D eigenvalue weighted by molar-refractivity contribution is 7.17. The number of aromatic nitrogens is 2. The number of aryl methyl sites for hydroxylation is 1. The van der Waals surface area contributed by atoms with Crippen molar-refractivity contribution in [1.82, 2.24) is 9.55 Å². The molecule has 10 heteroatoms. The zero-order valence-electron chi connectivity index (χ0n) is 21.1. The van der Waals surface area contributed by atoms with Crippen molar-refractivity contribution in [1.29, 1.82) is 0 Å². The maximum atomic E-state index is 13.2. The first kappa shape index (κ1) is 25.7. The number of rotatable bonds is 8. The fourth-order valence-corrected chi connectivity index (χ4v) is 5.09. The lowest BCUT2D eigenvalue weighted by atomic mass is 10.2. The van der Waals surface area contributed by atoms with Crippen molar-refractivity contribution in [2.24, 2.45) is 5.73 Å². The molecule has 0 bridgehead atoms. The van der Waals surface area contributed by atoms with Gasteiger partial charge < -0.3 is 20.9 Å². The Balaban J connectivity index is 1.43. The third kappa shape index (κ3) is 5.51. The molecule has 0 aliphatic carbocycles. The third-order valence-electron chi connectivity index (χ3n) is 6.28. The number of anilines is 3. The molecule has 2 aromatic heterocycles. The van der Waals surface area contributed by atoms with Gasteiger partial charge >= 0.3 is 0 Å². The number of carbonyl (C=O) groups excluding carboxylic acids is 3. The van der Waals surface area contributed by atoms with E-state index in [4.69, 9.17) is 11.5 Å². The number of amides is 3. The monoisotopic (exact) mass is 538 g/mol. The molecule has 5 aromatic rings. The van der Waals surface area contributed by atoms with E-state index in [1.54, 1.807) is 46.8 Å². The SMILES string of the molecule is CN(C(=O)c1ccccc1)c1ccc2c(c1)nc(NC(=O)c1ccc(-c3ccc(N)cc3)s1)n2CCC(N)=O. The number of hydrogen-bond acceptors (Lipinski definition) is 6. The van der Waals surface area contributed by atoms with Gasteiger partial charge in [0.15, 0.2) is 0 Å². The van der Waals surface area contributed by atoms with E-state index in [0.717, 1.165) is 10.4 Å². The van der Waals surface area contributed by atoms with E-state index in [2.05, 4.69) is 10.3 Å². The van der Waals surface area contributed by atoms with Crippen LogP contribution in [0.2, 0.25) is 0 Å². The second-order valence-electron chi connectivity index (χ2n) is 8.95. The van der Waals surface area contributed by atoms with Gasteiger partial charge in [0.05, 0.1) is 15.9 Å². The standard InChI is InChI=1S/C29H26N6O3S/c1-34(28(38)19-5-3-2-4-6-19)21-11-12-23-22(17-21)32-29(35(23)16-15-26(31)36)33-27(37)25-14-13-24(39-25)18-7-9-20(30)10-8-18/h2-14,17H,15-16,30H2,1H3,(H2,31,36)(H,32,33,37). The highest BCUT2D eigenvalue weighted by Crippen LogP contribution is 2.30. The molecule has 3 amide bonds. The van der Waals surface area contributed by atoms with Crippen LogP contribution in [0.15, 0.2) is 84.9 Å². The Morgan fingerprint density at radius 3 is 2.44 bits per heavy atom. The van der Waals surface area contributed by atoms with Crippen LogP contribution in [0.25, 0.3) is 21.5 Å². The van der Waals surface area contributed by atoms with Crippen LogP contribution in [0, 0.1) is 0 Å². The summed E-state index contributed by atoms with van der Waals surface area (Å²) in [5.74, 6) is -0.668. The number of thiophene rings is 1. The Hall–Kier alpha value is -4.96. The van der Waals surface area contributed by atoms with Crippen molar-refractivity contribution in [2.75, 3.05) is 23.0 Å². The number of nitrogens with zero attached hydrogens (tertiary/aromatic N) is 3. The van der Waals surface area contributed by atoms with Crippen molar-refractivity contribution >= 4 is 57.4 Å². The second-order valence-corrected chi connectivity index (χ2v) is 10.0. The molecule has 0 aliphatic rings. The largest absolute Gasteiger partial charge is 0.399 e. The van der Waals surface area contributed by atoms with Gasteiger partial charge in [-0.3, -0.25) is 19.7 Å². The normalized spacial score (nSPS) is 10.9. The maximum absolute atomic E-state index is 13.2. The lowest BCUT2D eigenvalue weighted by molar-refractivity contribution is -0.118. The summed E-state index contributed by atoms with van der Waals surface area (Å²) in [6.07, 6.45) is 0.0722. The van der Waals surface area contributed by atoms with Gasteiger partial charge in [-0.15, -0.1) is 11.3 Å². The summed E-state index contributed by atoms with van der Waals surface area (Å²) in [4.78, 5) is 45.3. The van der Waals surface area contributed by atoms with Gasteiger partial charge in [-0.1, -0.05) is 30.3 Å². The summed E-state index contributed by atoms with van der Waals surface area (Å²) in [5.41, 5.74) is 15.3. The van der Waals surface area contributed by atoms with Gasteiger partial charge in [-0.25, -0.2) is 4.98 Å². The number of nitrogens with one attached hydrogen (secondary N) is 1. The van der Waals surface area contributed by atoms with E-state index in [-0.39, 0.29) is 30.7 Å². The van der Waals surface area contributed by atoms with E-state index >= 15 is 0 Å². The van der Waals surface area contributed by atoms with Crippen molar-refractivity contribution in [2.45, 2.75) is 13.0 Å². The Kier molecular flexibility index (Phi) is 7.11. The first-order valence-electron chi connectivity index (χ1n) is 12.2. The fraction of sp³-hybridized carbons (Fsp3) is 0.103.